The Morgan fingerprint density at radius 3 is 2.05 bits per heavy atom. The van der Waals surface area contributed by atoms with Gasteiger partial charge in [0.1, 0.15) is 11.5 Å². The number of nitrogens with zero attached hydrogens (tertiary/aromatic N) is 1. The minimum Gasteiger partial charge on any atom is -0.508 e. The summed E-state index contributed by atoms with van der Waals surface area (Å²) in [5.74, 6) is 0.149. The summed E-state index contributed by atoms with van der Waals surface area (Å²) in [7, 11) is 0. The van der Waals surface area contributed by atoms with Crippen molar-refractivity contribution in [3.05, 3.63) is 23.8 Å². The summed E-state index contributed by atoms with van der Waals surface area (Å²) >= 11 is 0. The van der Waals surface area contributed by atoms with Gasteiger partial charge < -0.3 is 10.2 Å². The maximum Gasteiger partial charge on any atom is 0.128 e. The van der Waals surface area contributed by atoms with E-state index >= 15 is 0 Å². The van der Waals surface area contributed by atoms with Crippen LogP contribution in [0, 0.1) is 0 Å². The molecule has 0 aromatic heterocycles. The second kappa shape index (κ2) is 12.1. The molecular formula is C19H31NO2. The van der Waals surface area contributed by atoms with E-state index in [1.54, 1.807) is 18.3 Å². The molecule has 1 rings (SSSR count). The summed E-state index contributed by atoms with van der Waals surface area (Å²) in [5.41, 5.74) is 0.657. The molecule has 0 aliphatic rings. The Bertz CT molecular complexity index is 429. The van der Waals surface area contributed by atoms with E-state index in [9.17, 15) is 10.2 Å². The van der Waals surface area contributed by atoms with Crippen molar-refractivity contribution in [2.45, 2.75) is 71.1 Å². The highest BCUT2D eigenvalue weighted by Crippen LogP contribution is 2.20. The molecule has 0 aliphatic heterocycles. The van der Waals surface area contributed by atoms with Gasteiger partial charge in [-0.2, -0.15) is 0 Å². The van der Waals surface area contributed by atoms with Gasteiger partial charge in [-0.3, -0.25) is 4.99 Å². The Hall–Kier alpha value is -1.51. The van der Waals surface area contributed by atoms with Crippen molar-refractivity contribution in [1.29, 1.82) is 0 Å². The monoisotopic (exact) mass is 305 g/mol. The van der Waals surface area contributed by atoms with Crippen LogP contribution in [0.3, 0.4) is 0 Å². The van der Waals surface area contributed by atoms with Crippen molar-refractivity contribution >= 4 is 6.21 Å². The normalized spacial score (nSPS) is 11.3. The second-order valence-electron chi connectivity index (χ2n) is 5.96. The molecule has 0 spiro atoms. The standard InChI is InChI=1S/C19H31NO2/c1-2-3-4-5-6-7-8-9-10-11-14-20-16-17-12-13-18(21)15-19(17)22/h12-13,15-16,21-22H,2-11,14H2,1H3. The van der Waals surface area contributed by atoms with Crippen LogP contribution < -0.4 is 0 Å². The Kier molecular flexibility index (Phi) is 10.2. The molecule has 124 valence electrons. The lowest BCUT2D eigenvalue weighted by atomic mass is 10.1. The highest BCUT2D eigenvalue weighted by Gasteiger charge is 1.98. The smallest absolute Gasteiger partial charge is 0.128 e. The number of hydrogen-bond acceptors (Lipinski definition) is 3. The van der Waals surface area contributed by atoms with Crippen LogP contribution in [-0.4, -0.2) is 23.0 Å². The van der Waals surface area contributed by atoms with E-state index in [0.29, 0.717) is 5.56 Å². The lowest BCUT2D eigenvalue weighted by Gasteiger charge is -2.01. The molecule has 0 fully saturated rings. The SMILES string of the molecule is CCCCCCCCCCCCN=Cc1ccc(O)cc1O. The third kappa shape index (κ3) is 8.71. The number of benzene rings is 1. The third-order valence-corrected chi connectivity index (χ3v) is 3.89. The molecule has 1 aromatic rings. The molecule has 3 nitrogen and oxygen atoms in total. The number of unbranched alkanes of at least 4 members (excludes halogenated alkanes) is 9. The highest BCUT2D eigenvalue weighted by atomic mass is 16.3. The molecule has 1 aromatic carbocycles. The van der Waals surface area contributed by atoms with Crippen molar-refractivity contribution in [2.24, 2.45) is 4.99 Å². The largest absolute Gasteiger partial charge is 0.508 e. The molecule has 22 heavy (non-hydrogen) atoms. The fraction of sp³-hybridized carbons (Fsp3) is 0.632. The maximum atomic E-state index is 9.62. The molecule has 3 heteroatoms. The number of aromatic hydroxyl groups is 2. The van der Waals surface area contributed by atoms with Crippen molar-refractivity contribution in [3.8, 4) is 11.5 Å². The molecule has 0 bridgehead atoms. The summed E-state index contributed by atoms with van der Waals surface area (Å²) in [4.78, 5) is 4.33. The second-order valence-corrected chi connectivity index (χ2v) is 5.96. The molecule has 0 saturated heterocycles. The van der Waals surface area contributed by atoms with E-state index in [0.717, 1.165) is 13.0 Å². The first-order valence-corrected chi connectivity index (χ1v) is 8.76. The van der Waals surface area contributed by atoms with Gasteiger partial charge in [-0.15, -0.1) is 0 Å². The summed E-state index contributed by atoms with van der Waals surface area (Å²) < 4.78 is 0. The highest BCUT2D eigenvalue weighted by molar-refractivity contribution is 5.83. The van der Waals surface area contributed by atoms with Crippen LogP contribution in [0.5, 0.6) is 11.5 Å². The maximum absolute atomic E-state index is 9.62. The van der Waals surface area contributed by atoms with Gasteiger partial charge in [0, 0.05) is 24.4 Å². The average molecular weight is 305 g/mol. The van der Waals surface area contributed by atoms with Crippen LogP contribution in [-0.2, 0) is 0 Å². The quantitative estimate of drug-likeness (QED) is 0.399. The van der Waals surface area contributed by atoms with E-state index in [1.165, 1.54) is 63.9 Å². The fourth-order valence-electron chi connectivity index (χ4n) is 2.49. The minimum absolute atomic E-state index is 0.0735. The molecule has 0 aliphatic carbocycles. The zero-order chi connectivity index (χ0) is 16.0. The lowest BCUT2D eigenvalue weighted by Crippen LogP contribution is -1.87. The van der Waals surface area contributed by atoms with E-state index < -0.39 is 0 Å². The van der Waals surface area contributed by atoms with Crippen LogP contribution in [0.1, 0.15) is 76.7 Å². The van der Waals surface area contributed by atoms with E-state index in [1.807, 2.05) is 0 Å². The number of rotatable bonds is 12. The van der Waals surface area contributed by atoms with Crippen molar-refractivity contribution in [3.63, 3.8) is 0 Å². The summed E-state index contributed by atoms with van der Waals surface area (Å²) in [6.07, 6.45) is 14.9. The Balaban J connectivity index is 1.98. The van der Waals surface area contributed by atoms with Crippen molar-refractivity contribution in [2.75, 3.05) is 6.54 Å². The summed E-state index contributed by atoms with van der Waals surface area (Å²) in [6.45, 7) is 3.06. The third-order valence-electron chi connectivity index (χ3n) is 3.89. The molecule has 0 radical (unpaired) electrons. The van der Waals surface area contributed by atoms with Gasteiger partial charge in [-0.05, 0) is 18.6 Å². The van der Waals surface area contributed by atoms with Gasteiger partial charge in [-0.25, -0.2) is 0 Å². The van der Waals surface area contributed by atoms with E-state index in [-0.39, 0.29) is 11.5 Å². The van der Waals surface area contributed by atoms with Crippen LogP contribution in [0.2, 0.25) is 0 Å². The first-order valence-electron chi connectivity index (χ1n) is 8.76. The van der Waals surface area contributed by atoms with Gasteiger partial charge in [0.25, 0.3) is 0 Å². The molecule has 0 heterocycles. The predicted molar refractivity (Wildman–Crippen MR) is 94.1 cm³/mol. The first-order chi connectivity index (χ1) is 10.7. The minimum atomic E-state index is 0.0735. The molecule has 0 saturated carbocycles. The van der Waals surface area contributed by atoms with Crippen LogP contribution >= 0.6 is 0 Å². The number of aliphatic imine (C=N–C) groups is 1. The Morgan fingerprint density at radius 1 is 0.864 bits per heavy atom. The summed E-state index contributed by atoms with van der Waals surface area (Å²) in [5, 5.41) is 18.8. The number of phenols is 2. The van der Waals surface area contributed by atoms with Gasteiger partial charge in [0.15, 0.2) is 0 Å². The fourth-order valence-corrected chi connectivity index (χ4v) is 2.49. The van der Waals surface area contributed by atoms with Crippen LogP contribution in [0.4, 0.5) is 0 Å². The van der Waals surface area contributed by atoms with E-state index in [4.69, 9.17) is 0 Å². The molecule has 0 amide bonds. The van der Waals surface area contributed by atoms with Gasteiger partial charge >= 0.3 is 0 Å². The van der Waals surface area contributed by atoms with Crippen LogP contribution in [0.15, 0.2) is 23.2 Å². The zero-order valence-corrected chi connectivity index (χ0v) is 13.9. The van der Waals surface area contributed by atoms with Gasteiger partial charge in [-0.1, -0.05) is 64.7 Å². The van der Waals surface area contributed by atoms with Crippen molar-refractivity contribution in [1.82, 2.24) is 0 Å². The molecule has 0 atom stereocenters. The van der Waals surface area contributed by atoms with Gasteiger partial charge in [0.05, 0.1) is 0 Å². The lowest BCUT2D eigenvalue weighted by molar-refractivity contribution is 0.450. The first kappa shape index (κ1) is 18.5. The van der Waals surface area contributed by atoms with Crippen LogP contribution in [0.25, 0.3) is 0 Å². The summed E-state index contributed by atoms with van der Waals surface area (Å²) in [6, 6.07) is 4.57. The predicted octanol–water partition coefficient (Wildman–Crippen LogP) is 5.44. The Morgan fingerprint density at radius 2 is 1.45 bits per heavy atom. The zero-order valence-electron chi connectivity index (χ0n) is 13.9. The molecule has 2 N–H and O–H groups in total. The molecular weight excluding hydrogens is 274 g/mol. The number of hydrogen-bond donors (Lipinski definition) is 2. The number of phenolic OH excluding ortho intramolecular Hbond substituents is 2. The van der Waals surface area contributed by atoms with Gasteiger partial charge in [0.2, 0.25) is 0 Å². The Labute approximate surface area is 135 Å². The average Bonchev–Trinajstić information content (AvgIpc) is 2.50. The topological polar surface area (TPSA) is 52.8 Å². The van der Waals surface area contributed by atoms with Crippen molar-refractivity contribution < 1.29 is 10.2 Å². The van der Waals surface area contributed by atoms with E-state index in [2.05, 4.69) is 11.9 Å². The molecule has 0 unspecified atom stereocenters.